The molecule has 0 fully saturated rings. The Kier molecular flexibility index (Phi) is 6.14. The molecule has 0 unspecified atom stereocenters. The van der Waals surface area contributed by atoms with Crippen LogP contribution >= 0.6 is 15.9 Å². The van der Waals surface area contributed by atoms with Crippen molar-refractivity contribution in [3.05, 3.63) is 104 Å². The average molecular weight is 522 g/mol. The number of nitrogens with zero attached hydrogens (tertiary/aromatic N) is 3. The number of allylic oxidation sites excluding steroid dienone is 1. The maximum absolute atomic E-state index is 13.3. The Balaban J connectivity index is 1.95. The zero-order valence-electron chi connectivity index (χ0n) is 17.3. The molecule has 0 aliphatic carbocycles. The van der Waals surface area contributed by atoms with Gasteiger partial charge in [-0.1, -0.05) is 40.2 Å². The van der Waals surface area contributed by atoms with Crippen LogP contribution in [-0.4, -0.2) is 17.8 Å². The van der Waals surface area contributed by atoms with E-state index in [1.165, 1.54) is 22.7 Å². The largest absolute Gasteiger partial charge is 0.438 e. The summed E-state index contributed by atoms with van der Waals surface area (Å²) in [5.74, 6) is 0.355. The minimum Gasteiger partial charge on any atom is -0.438 e. The lowest BCUT2D eigenvalue weighted by Gasteiger charge is -2.12. The molecule has 0 atom stereocenters. The lowest BCUT2D eigenvalue weighted by molar-refractivity contribution is 0.457. The fraction of sp³-hybridized carbons (Fsp3) is 0.0417. The van der Waals surface area contributed by atoms with Crippen molar-refractivity contribution >= 4 is 37.5 Å². The molecule has 0 spiro atoms. The van der Waals surface area contributed by atoms with E-state index in [9.17, 15) is 18.5 Å². The molecule has 9 heteroatoms. The second-order valence-electron chi connectivity index (χ2n) is 7.01. The number of hydrogen-bond donors (Lipinski definition) is 0. The molecule has 0 saturated heterocycles. The maximum Gasteiger partial charge on any atom is 0.269 e. The van der Waals surface area contributed by atoms with Gasteiger partial charge in [0.2, 0.25) is 15.7 Å². The van der Waals surface area contributed by atoms with Crippen LogP contribution < -0.4 is 10.3 Å². The topological polar surface area (TPSA) is 102 Å². The first-order valence-corrected chi connectivity index (χ1v) is 12.0. The van der Waals surface area contributed by atoms with E-state index in [0.29, 0.717) is 15.9 Å². The third-order valence-corrected chi connectivity index (χ3v) is 7.04. The number of benzene rings is 2. The second kappa shape index (κ2) is 9.02. The number of pyridine rings is 1. The van der Waals surface area contributed by atoms with Crippen LogP contribution in [0.4, 0.5) is 0 Å². The van der Waals surface area contributed by atoms with Crippen molar-refractivity contribution < 1.29 is 13.2 Å². The number of aryl methyl sites for hydroxylation is 1. The molecule has 0 aliphatic heterocycles. The molecule has 2 aromatic carbocycles. The van der Waals surface area contributed by atoms with Gasteiger partial charge >= 0.3 is 0 Å². The van der Waals surface area contributed by atoms with E-state index < -0.39 is 20.3 Å². The molecule has 7 nitrogen and oxygen atoms in total. The van der Waals surface area contributed by atoms with Gasteiger partial charge in [0.05, 0.1) is 4.90 Å². The van der Waals surface area contributed by atoms with E-state index in [2.05, 4.69) is 20.9 Å². The van der Waals surface area contributed by atoms with Gasteiger partial charge in [-0.2, -0.15) is 10.2 Å². The van der Waals surface area contributed by atoms with Crippen molar-refractivity contribution in [2.75, 3.05) is 0 Å². The number of para-hydroxylation sites is 1. The highest BCUT2D eigenvalue weighted by Gasteiger charge is 2.23. The summed E-state index contributed by atoms with van der Waals surface area (Å²) in [6.45, 7) is 1.83. The van der Waals surface area contributed by atoms with E-state index in [-0.39, 0.29) is 16.3 Å². The van der Waals surface area contributed by atoms with Gasteiger partial charge in [0.1, 0.15) is 27.9 Å². The Labute approximate surface area is 198 Å². The van der Waals surface area contributed by atoms with E-state index in [4.69, 9.17) is 4.74 Å². The SMILES string of the molecule is Cc1ccccc1Oc1nc2ccccn2c(=O)c1C=C(C#N)S(=O)(=O)c1ccc(Br)cc1. The fourth-order valence-electron chi connectivity index (χ4n) is 3.10. The number of fused-ring (bicyclic) bond motifs is 1. The highest BCUT2D eigenvalue weighted by Crippen LogP contribution is 2.28. The lowest BCUT2D eigenvalue weighted by atomic mass is 10.2. The summed E-state index contributed by atoms with van der Waals surface area (Å²) in [6.07, 6.45) is 2.52. The quantitative estimate of drug-likeness (QED) is 0.346. The number of nitriles is 1. The third kappa shape index (κ3) is 4.44. The number of sulfone groups is 1. The number of ether oxygens (including phenoxy) is 1. The van der Waals surface area contributed by atoms with Crippen LogP contribution in [-0.2, 0) is 9.84 Å². The molecule has 2 aromatic heterocycles. The van der Waals surface area contributed by atoms with Gasteiger partial charge in [-0.25, -0.2) is 8.42 Å². The molecule has 0 radical (unpaired) electrons. The average Bonchev–Trinajstić information content (AvgIpc) is 2.80. The standard InChI is InChI=1S/C24H16BrN3O4S/c1-16-6-2-3-7-21(16)32-23-20(24(29)28-13-5-4-8-22(28)27-23)14-19(15-26)33(30,31)18-11-9-17(25)10-12-18/h2-14H,1H3. The van der Waals surface area contributed by atoms with Gasteiger partial charge in [-0.05, 0) is 61.0 Å². The Morgan fingerprint density at radius 1 is 1.09 bits per heavy atom. The lowest BCUT2D eigenvalue weighted by Crippen LogP contribution is -2.19. The van der Waals surface area contributed by atoms with Crippen LogP contribution in [0.3, 0.4) is 0 Å². The van der Waals surface area contributed by atoms with Gasteiger partial charge < -0.3 is 4.74 Å². The normalized spacial score (nSPS) is 11.8. The third-order valence-electron chi connectivity index (χ3n) is 4.83. The number of hydrogen-bond acceptors (Lipinski definition) is 6. The summed E-state index contributed by atoms with van der Waals surface area (Å²) >= 11 is 3.26. The summed E-state index contributed by atoms with van der Waals surface area (Å²) in [5, 5.41) is 9.69. The highest BCUT2D eigenvalue weighted by atomic mass is 79.9. The van der Waals surface area contributed by atoms with E-state index in [0.717, 1.165) is 11.6 Å². The second-order valence-corrected chi connectivity index (χ2v) is 9.84. The minimum absolute atomic E-state index is 0.0753. The Morgan fingerprint density at radius 3 is 2.48 bits per heavy atom. The minimum atomic E-state index is -4.19. The van der Waals surface area contributed by atoms with Crippen molar-refractivity contribution in [1.82, 2.24) is 9.38 Å². The monoisotopic (exact) mass is 521 g/mol. The molecule has 0 N–H and O–H groups in total. The van der Waals surface area contributed by atoms with Crippen molar-refractivity contribution in [2.24, 2.45) is 0 Å². The van der Waals surface area contributed by atoms with E-state index >= 15 is 0 Å². The molecule has 0 aliphatic rings. The first-order chi connectivity index (χ1) is 15.8. The van der Waals surface area contributed by atoms with Gasteiger partial charge in [0.25, 0.3) is 5.56 Å². The molecule has 4 aromatic rings. The zero-order chi connectivity index (χ0) is 23.6. The van der Waals surface area contributed by atoms with Crippen molar-refractivity contribution in [1.29, 1.82) is 5.26 Å². The smallest absolute Gasteiger partial charge is 0.269 e. The van der Waals surface area contributed by atoms with Crippen molar-refractivity contribution in [2.45, 2.75) is 11.8 Å². The molecular weight excluding hydrogens is 506 g/mol. The summed E-state index contributed by atoms with van der Waals surface area (Å²) in [5.41, 5.74) is 0.394. The van der Waals surface area contributed by atoms with Crippen molar-refractivity contribution in [3.63, 3.8) is 0 Å². The molecule has 0 bridgehead atoms. The van der Waals surface area contributed by atoms with Crippen LogP contribution in [0.2, 0.25) is 0 Å². The zero-order valence-corrected chi connectivity index (χ0v) is 19.7. The van der Waals surface area contributed by atoms with Crippen LogP contribution in [0, 0.1) is 18.3 Å². The van der Waals surface area contributed by atoms with Crippen LogP contribution in [0.1, 0.15) is 11.1 Å². The first kappa shape index (κ1) is 22.5. The van der Waals surface area contributed by atoms with Gasteiger partial charge in [-0.3, -0.25) is 9.20 Å². The van der Waals surface area contributed by atoms with Gasteiger partial charge in [-0.15, -0.1) is 0 Å². The van der Waals surface area contributed by atoms with Crippen LogP contribution in [0.15, 0.2) is 92.0 Å². The summed E-state index contributed by atoms with van der Waals surface area (Å²) in [4.78, 5) is 17.0. The first-order valence-electron chi connectivity index (χ1n) is 9.68. The summed E-state index contributed by atoms with van der Waals surface area (Å²) in [7, 11) is -4.19. The predicted octanol–water partition coefficient (Wildman–Crippen LogP) is 4.90. The molecule has 2 heterocycles. The van der Waals surface area contributed by atoms with Crippen molar-refractivity contribution in [3.8, 4) is 17.7 Å². The van der Waals surface area contributed by atoms with Gasteiger partial charge in [0.15, 0.2) is 0 Å². The van der Waals surface area contributed by atoms with Crippen LogP contribution in [0.5, 0.6) is 11.6 Å². The van der Waals surface area contributed by atoms with Gasteiger partial charge in [0, 0.05) is 10.7 Å². The molecule has 0 amide bonds. The maximum atomic E-state index is 13.3. The number of halogens is 1. The molecule has 4 rings (SSSR count). The van der Waals surface area contributed by atoms with E-state index in [1.54, 1.807) is 48.5 Å². The number of rotatable bonds is 5. The highest BCUT2D eigenvalue weighted by molar-refractivity contribution is 9.10. The number of aromatic nitrogens is 2. The van der Waals surface area contributed by atoms with E-state index in [1.807, 2.05) is 19.1 Å². The predicted molar refractivity (Wildman–Crippen MR) is 128 cm³/mol. The molecule has 33 heavy (non-hydrogen) atoms. The molecule has 0 saturated carbocycles. The Bertz CT molecular complexity index is 1600. The summed E-state index contributed by atoms with van der Waals surface area (Å²) < 4.78 is 34.1. The molecule has 164 valence electrons. The Morgan fingerprint density at radius 2 is 1.79 bits per heavy atom. The summed E-state index contributed by atoms with van der Waals surface area (Å²) in [6, 6.07) is 19.7. The molecular formula is C24H16BrN3O4S. The Hall–Kier alpha value is -3.74. The fourth-order valence-corrected chi connectivity index (χ4v) is 4.51. The van der Waals surface area contributed by atoms with Crippen LogP contribution in [0.25, 0.3) is 11.7 Å².